The van der Waals surface area contributed by atoms with Crippen LogP contribution in [0.25, 0.3) is 0 Å². The first kappa shape index (κ1) is 16.2. The maximum atomic E-state index is 13.4. The molecule has 0 saturated carbocycles. The fraction of sp³-hybridized carbons (Fsp3) is 0.588. The van der Waals surface area contributed by atoms with Gasteiger partial charge in [-0.15, -0.1) is 0 Å². The Morgan fingerprint density at radius 3 is 2.70 bits per heavy atom. The van der Waals surface area contributed by atoms with Crippen LogP contribution in [0.4, 0.5) is 9.18 Å². The van der Waals surface area contributed by atoms with Gasteiger partial charge < -0.3 is 15.3 Å². The van der Waals surface area contributed by atoms with E-state index in [1.807, 2.05) is 6.92 Å². The van der Waals surface area contributed by atoms with Gasteiger partial charge in [0, 0.05) is 38.8 Å². The minimum Gasteiger partial charge on any atom is -0.465 e. The lowest BCUT2D eigenvalue weighted by molar-refractivity contribution is 0.0559. The Balaban J connectivity index is 1.84. The summed E-state index contributed by atoms with van der Waals surface area (Å²) in [6, 6.07) is 4.86. The van der Waals surface area contributed by atoms with E-state index >= 15 is 0 Å². The number of benzene rings is 1. The molecular weight excluding hydrogens is 297 g/mol. The van der Waals surface area contributed by atoms with Crippen LogP contribution in [-0.2, 0) is 0 Å². The zero-order chi connectivity index (χ0) is 16.4. The van der Waals surface area contributed by atoms with E-state index in [1.165, 1.54) is 17.0 Å². The Kier molecular flexibility index (Phi) is 4.82. The van der Waals surface area contributed by atoms with Crippen LogP contribution >= 0.6 is 0 Å². The van der Waals surface area contributed by atoms with Gasteiger partial charge in [-0.3, -0.25) is 4.90 Å². The van der Waals surface area contributed by atoms with Crippen molar-refractivity contribution in [3.63, 3.8) is 0 Å². The maximum Gasteiger partial charge on any atom is 0.407 e. The molecule has 2 saturated heterocycles. The molecule has 0 aliphatic carbocycles. The van der Waals surface area contributed by atoms with Crippen molar-refractivity contribution in [2.24, 2.45) is 0 Å². The predicted molar refractivity (Wildman–Crippen MR) is 86.1 cm³/mol. The van der Waals surface area contributed by atoms with Crippen LogP contribution in [0.5, 0.6) is 0 Å². The zero-order valence-electron chi connectivity index (χ0n) is 13.5. The maximum absolute atomic E-state index is 13.4. The molecule has 3 rings (SSSR count). The molecule has 126 valence electrons. The number of nitrogens with one attached hydrogen (secondary N) is 1. The van der Waals surface area contributed by atoms with E-state index in [0.717, 1.165) is 50.1 Å². The highest BCUT2D eigenvalue weighted by Crippen LogP contribution is 2.35. The largest absolute Gasteiger partial charge is 0.465 e. The van der Waals surface area contributed by atoms with E-state index in [-0.39, 0.29) is 11.9 Å². The Morgan fingerprint density at radius 1 is 1.30 bits per heavy atom. The summed E-state index contributed by atoms with van der Waals surface area (Å²) in [5, 5.41) is 12.9. The average Bonchev–Trinajstić information content (AvgIpc) is 2.55. The van der Waals surface area contributed by atoms with Crippen LogP contribution in [0, 0.1) is 12.7 Å². The molecule has 23 heavy (non-hydrogen) atoms. The highest BCUT2D eigenvalue weighted by Gasteiger charge is 2.35. The molecule has 2 fully saturated rings. The van der Waals surface area contributed by atoms with Crippen molar-refractivity contribution in [3.05, 3.63) is 35.1 Å². The molecule has 0 aromatic heterocycles. The van der Waals surface area contributed by atoms with E-state index in [2.05, 4.69) is 10.2 Å². The molecule has 5 nitrogen and oxygen atoms in total. The number of piperidine rings is 1. The number of halogens is 1. The van der Waals surface area contributed by atoms with Crippen molar-refractivity contribution in [2.45, 2.75) is 31.8 Å². The number of hydrogen-bond donors (Lipinski definition) is 2. The third kappa shape index (κ3) is 3.48. The summed E-state index contributed by atoms with van der Waals surface area (Å²) in [5.41, 5.74) is 1.75. The van der Waals surface area contributed by atoms with Gasteiger partial charge in [-0.05, 0) is 43.0 Å². The molecule has 0 spiro atoms. The number of carboxylic acid groups (broad SMARTS) is 1. The number of hydrogen-bond acceptors (Lipinski definition) is 3. The number of likely N-dealkylation sites (tertiary alicyclic amines) is 1. The van der Waals surface area contributed by atoms with Gasteiger partial charge in [0.05, 0.1) is 6.04 Å². The number of piperazine rings is 1. The number of carbonyl (C=O) groups is 1. The van der Waals surface area contributed by atoms with Crippen molar-refractivity contribution in [2.75, 3.05) is 32.7 Å². The van der Waals surface area contributed by atoms with E-state index in [1.54, 1.807) is 6.07 Å². The SMILES string of the molecule is Cc1cc(F)ccc1C1CC(N2CCNCC2)CCN1C(=O)O. The van der Waals surface area contributed by atoms with Crippen molar-refractivity contribution in [3.8, 4) is 0 Å². The molecule has 2 unspecified atom stereocenters. The summed E-state index contributed by atoms with van der Waals surface area (Å²) in [7, 11) is 0. The smallest absolute Gasteiger partial charge is 0.407 e. The molecular formula is C17H24FN3O2. The fourth-order valence-electron chi connectivity index (χ4n) is 3.86. The summed E-state index contributed by atoms with van der Waals surface area (Å²) in [4.78, 5) is 15.6. The second-order valence-electron chi connectivity index (χ2n) is 6.46. The second-order valence-corrected chi connectivity index (χ2v) is 6.46. The predicted octanol–water partition coefficient (Wildman–Crippen LogP) is 2.22. The number of nitrogens with zero attached hydrogens (tertiary/aromatic N) is 2. The molecule has 2 aliphatic heterocycles. The molecule has 0 radical (unpaired) electrons. The third-order valence-corrected chi connectivity index (χ3v) is 5.08. The molecule has 2 heterocycles. The summed E-state index contributed by atoms with van der Waals surface area (Å²) < 4.78 is 13.4. The van der Waals surface area contributed by atoms with Gasteiger partial charge in [0.2, 0.25) is 0 Å². The van der Waals surface area contributed by atoms with Crippen LogP contribution < -0.4 is 5.32 Å². The number of aryl methyl sites for hydroxylation is 1. The Hall–Kier alpha value is -1.66. The molecule has 6 heteroatoms. The average molecular weight is 321 g/mol. The molecule has 1 amide bonds. The first-order valence-corrected chi connectivity index (χ1v) is 8.26. The second kappa shape index (κ2) is 6.84. The molecule has 2 atom stereocenters. The van der Waals surface area contributed by atoms with Crippen molar-refractivity contribution in [1.82, 2.24) is 15.1 Å². The lowest BCUT2D eigenvalue weighted by Gasteiger charge is -2.44. The summed E-state index contributed by atoms with van der Waals surface area (Å²) in [5.74, 6) is -0.275. The van der Waals surface area contributed by atoms with Crippen molar-refractivity contribution >= 4 is 6.09 Å². The topological polar surface area (TPSA) is 55.8 Å². The van der Waals surface area contributed by atoms with Gasteiger partial charge in [-0.2, -0.15) is 0 Å². The van der Waals surface area contributed by atoms with E-state index in [4.69, 9.17) is 0 Å². The lowest BCUT2D eigenvalue weighted by Crippen LogP contribution is -2.53. The highest BCUT2D eigenvalue weighted by molar-refractivity contribution is 5.66. The first-order valence-electron chi connectivity index (χ1n) is 8.26. The molecule has 1 aromatic rings. The Labute approximate surface area is 136 Å². The molecule has 2 N–H and O–H groups in total. The van der Waals surface area contributed by atoms with Crippen LogP contribution in [-0.4, -0.2) is 59.8 Å². The molecule has 0 bridgehead atoms. The van der Waals surface area contributed by atoms with Gasteiger partial charge in [0.25, 0.3) is 0 Å². The monoisotopic (exact) mass is 321 g/mol. The van der Waals surface area contributed by atoms with Gasteiger partial charge >= 0.3 is 6.09 Å². The summed E-state index contributed by atoms with van der Waals surface area (Å²) in [6.45, 7) is 6.37. The van der Waals surface area contributed by atoms with E-state index < -0.39 is 6.09 Å². The van der Waals surface area contributed by atoms with Gasteiger partial charge in [-0.1, -0.05) is 6.07 Å². The summed E-state index contributed by atoms with van der Waals surface area (Å²) >= 11 is 0. The standard InChI is InChI=1S/C17H24FN3O2/c1-12-10-13(18)2-3-15(12)16-11-14(4-7-21(16)17(22)23)20-8-5-19-6-9-20/h2-3,10,14,16,19H,4-9,11H2,1H3,(H,22,23). The van der Waals surface area contributed by atoms with Crippen molar-refractivity contribution in [1.29, 1.82) is 0 Å². The lowest BCUT2D eigenvalue weighted by atomic mass is 9.88. The van der Waals surface area contributed by atoms with Crippen molar-refractivity contribution < 1.29 is 14.3 Å². The number of rotatable bonds is 2. The van der Waals surface area contributed by atoms with Crippen LogP contribution in [0.15, 0.2) is 18.2 Å². The quantitative estimate of drug-likeness (QED) is 0.877. The van der Waals surface area contributed by atoms with Crippen LogP contribution in [0.3, 0.4) is 0 Å². The minimum atomic E-state index is -0.891. The third-order valence-electron chi connectivity index (χ3n) is 5.08. The fourth-order valence-corrected chi connectivity index (χ4v) is 3.86. The first-order chi connectivity index (χ1) is 11.1. The number of amides is 1. The van der Waals surface area contributed by atoms with Crippen LogP contribution in [0.2, 0.25) is 0 Å². The normalized spacial score (nSPS) is 26.3. The Morgan fingerprint density at radius 2 is 2.04 bits per heavy atom. The molecule has 1 aromatic carbocycles. The highest BCUT2D eigenvalue weighted by atomic mass is 19.1. The van der Waals surface area contributed by atoms with Gasteiger partial charge in [0.15, 0.2) is 0 Å². The van der Waals surface area contributed by atoms with Crippen LogP contribution in [0.1, 0.15) is 30.0 Å². The van der Waals surface area contributed by atoms with Gasteiger partial charge in [0.1, 0.15) is 5.82 Å². The molecule has 2 aliphatic rings. The van der Waals surface area contributed by atoms with Gasteiger partial charge in [-0.25, -0.2) is 9.18 Å². The zero-order valence-corrected chi connectivity index (χ0v) is 13.5. The van der Waals surface area contributed by atoms with E-state index in [9.17, 15) is 14.3 Å². The van der Waals surface area contributed by atoms with E-state index in [0.29, 0.717) is 12.6 Å². The summed E-state index contributed by atoms with van der Waals surface area (Å²) in [6.07, 6.45) is 0.749. The Bertz CT molecular complexity index is 575. The minimum absolute atomic E-state index is 0.193.